The molecule has 3 rings (SSSR count). The number of hydrogen-bond donors (Lipinski definition) is 1. The summed E-state index contributed by atoms with van der Waals surface area (Å²) in [5, 5.41) is 3.56. The summed E-state index contributed by atoms with van der Waals surface area (Å²) in [6, 6.07) is 23.3. The lowest BCUT2D eigenvalue weighted by atomic mass is 10.0. The highest BCUT2D eigenvalue weighted by atomic mass is 35.5. The molecule has 7 nitrogen and oxygen atoms in total. The average molecular weight is 598 g/mol. The van der Waals surface area contributed by atoms with E-state index < -0.39 is 16.1 Å². The van der Waals surface area contributed by atoms with Crippen molar-refractivity contribution < 1.29 is 18.0 Å². The van der Waals surface area contributed by atoms with Crippen LogP contribution < -0.4 is 9.62 Å². The lowest BCUT2D eigenvalue weighted by Gasteiger charge is -2.33. The van der Waals surface area contributed by atoms with Crippen LogP contribution in [0.3, 0.4) is 0 Å². The van der Waals surface area contributed by atoms with Crippen molar-refractivity contribution in [1.29, 1.82) is 0 Å². The number of aryl methyl sites for hydroxylation is 1. The zero-order valence-electron chi connectivity index (χ0n) is 24.2. The molecule has 0 aromatic heterocycles. The van der Waals surface area contributed by atoms with E-state index in [1.807, 2.05) is 81.4 Å². The summed E-state index contributed by atoms with van der Waals surface area (Å²) in [7, 11) is -3.57. The number of nitrogens with zero attached hydrogens (tertiary/aromatic N) is 2. The van der Waals surface area contributed by atoms with Gasteiger partial charge in [0.05, 0.1) is 11.9 Å². The molecule has 1 N–H and O–H groups in total. The minimum absolute atomic E-state index is 0.0598. The van der Waals surface area contributed by atoms with Gasteiger partial charge in [-0.15, -0.1) is 0 Å². The van der Waals surface area contributed by atoms with Crippen LogP contribution in [0.4, 0.5) is 5.69 Å². The second-order valence-electron chi connectivity index (χ2n) is 10.4. The molecule has 2 atom stereocenters. The van der Waals surface area contributed by atoms with Crippen molar-refractivity contribution in [2.75, 3.05) is 17.1 Å². The zero-order valence-corrected chi connectivity index (χ0v) is 25.8. The predicted molar refractivity (Wildman–Crippen MR) is 166 cm³/mol. The maximum Gasteiger partial charge on any atom is 0.243 e. The van der Waals surface area contributed by atoms with Crippen molar-refractivity contribution in [3.05, 3.63) is 101 Å². The number of sulfonamides is 1. The molecule has 3 aromatic rings. The lowest BCUT2D eigenvalue weighted by Crippen LogP contribution is -2.52. The van der Waals surface area contributed by atoms with Gasteiger partial charge in [-0.2, -0.15) is 0 Å². The highest BCUT2D eigenvalue weighted by molar-refractivity contribution is 7.92. The van der Waals surface area contributed by atoms with Gasteiger partial charge in [-0.25, -0.2) is 8.42 Å². The highest BCUT2D eigenvalue weighted by Crippen LogP contribution is 2.24. The van der Waals surface area contributed by atoms with Crippen molar-refractivity contribution in [3.63, 3.8) is 0 Å². The first-order valence-electron chi connectivity index (χ1n) is 13.9. The maximum absolute atomic E-state index is 13.9. The SMILES string of the molecule is CC[C@H](C)NC(=O)[C@@H](Cc1ccccc1)N(Cc1ccccc1Cl)C(=O)CCCN(c1ccccc1C)S(C)(=O)=O. The molecule has 2 amide bonds. The van der Waals surface area contributed by atoms with Crippen LogP contribution in [0.15, 0.2) is 78.9 Å². The van der Waals surface area contributed by atoms with Gasteiger partial charge in [0.2, 0.25) is 21.8 Å². The minimum atomic E-state index is -3.57. The summed E-state index contributed by atoms with van der Waals surface area (Å²) in [5.41, 5.74) is 3.07. The van der Waals surface area contributed by atoms with E-state index in [-0.39, 0.29) is 43.8 Å². The Bertz CT molecular complexity index is 1420. The molecule has 0 bridgehead atoms. The number of para-hydroxylation sites is 1. The molecule has 0 saturated carbocycles. The molecule has 0 saturated heterocycles. The van der Waals surface area contributed by atoms with Crippen LogP contribution in [-0.2, 0) is 32.6 Å². The molecule has 3 aromatic carbocycles. The average Bonchev–Trinajstić information content (AvgIpc) is 2.94. The first-order valence-corrected chi connectivity index (χ1v) is 16.1. The van der Waals surface area contributed by atoms with Crippen molar-refractivity contribution >= 4 is 39.1 Å². The van der Waals surface area contributed by atoms with Gasteiger partial charge in [0.25, 0.3) is 0 Å². The Hall–Kier alpha value is -3.36. The third-order valence-electron chi connectivity index (χ3n) is 7.11. The number of carbonyl (C=O) groups excluding carboxylic acids is 2. The summed E-state index contributed by atoms with van der Waals surface area (Å²) in [6.45, 7) is 6.07. The monoisotopic (exact) mass is 597 g/mol. The van der Waals surface area contributed by atoms with Crippen LogP contribution in [-0.4, -0.2) is 50.0 Å². The molecule has 0 aliphatic heterocycles. The second-order valence-corrected chi connectivity index (χ2v) is 12.7. The quantitative estimate of drug-likeness (QED) is 0.256. The van der Waals surface area contributed by atoms with E-state index in [0.29, 0.717) is 17.1 Å². The molecule has 0 spiro atoms. The number of anilines is 1. The van der Waals surface area contributed by atoms with Gasteiger partial charge in [-0.05, 0) is 55.5 Å². The highest BCUT2D eigenvalue weighted by Gasteiger charge is 2.31. The fraction of sp³-hybridized carbons (Fsp3) is 0.375. The normalized spacial score (nSPS) is 12.8. The van der Waals surface area contributed by atoms with Crippen molar-refractivity contribution in [2.45, 2.75) is 65.1 Å². The fourth-order valence-corrected chi connectivity index (χ4v) is 5.85. The Balaban J connectivity index is 1.91. The van der Waals surface area contributed by atoms with Crippen LogP contribution in [0.2, 0.25) is 5.02 Å². The molecular formula is C32H40ClN3O4S. The standard InChI is InChI=1S/C32H40ClN3O4S/c1-5-25(3)34-32(38)30(22-26-15-7-6-8-16-26)35(23-27-17-10-11-18-28(27)33)31(37)20-13-21-36(41(4,39)40)29-19-12-9-14-24(29)2/h6-12,14-19,25,30H,5,13,20-23H2,1-4H3,(H,34,38)/t25-,30+/m0/s1. The number of hydrogen-bond acceptors (Lipinski definition) is 4. The van der Waals surface area contributed by atoms with Crippen LogP contribution in [0.1, 0.15) is 49.8 Å². The van der Waals surface area contributed by atoms with Gasteiger partial charge >= 0.3 is 0 Å². The van der Waals surface area contributed by atoms with E-state index >= 15 is 0 Å². The number of carbonyl (C=O) groups is 2. The topological polar surface area (TPSA) is 86.8 Å². The van der Waals surface area contributed by atoms with Gasteiger partial charge < -0.3 is 10.2 Å². The fourth-order valence-electron chi connectivity index (χ4n) is 4.63. The summed E-state index contributed by atoms with van der Waals surface area (Å²) < 4.78 is 26.7. The molecule has 0 heterocycles. The van der Waals surface area contributed by atoms with Gasteiger partial charge in [0, 0.05) is 37.0 Å². The molecular weight excluding hydrogens is 558 g/mol. The van der Waals surface area contributed by atoms with Crippen LogP contribution >= 0.6 is 11.6 Å². The summed E-state index contributed by atoms with van der Waals surface area (Å²) in [6.07, 6.45) is 2.59. The van der Waals surface area contributed by atoms with Gasteiger partial charge in [-0.3, -0.25) is 13.9 Å². The second kappa shape index (κ2) is 15.0. The van der Waals surface area contributed by atoms with Gasteiger partial charge in [0.1, 0.15) is 6.04 Å². The Morgan fingerprint density at radius 1 is 0.951 bits per heavy atom. The van der Waals surface area contributed by atoms with Gasteiger partial charge in [0.15, 0.2) is 0 Å². The van der Waals surface area contributed by atoms with E-state index in [1.54, 1.807) is 23.1 Å². The molecule has 0 radical (unpaired) electrons. The van der Waals surface area contributed by atoms with Crippen LogP contribution in [0.5, 0.6) is 0 Å². The van der Waals surface area contributed by atoms with Gasteiger partial charge in [-0.1, -0.05) is 85.3 Å². The third-order valence-corrected chi connectivity index (χ3v) is 8.66. The molecule has 0 unspecified atom stereocenters. The predicted octanol–water partition coefficient (Wildman–Crippen LogP) is 5.75. The van der Waals surface area contributed by atoms with E-state index in [2.05, 4.69) is 5.32 Å². The van der Waals surface area contributed by atoms with E-state index in [0.717, 1.165) is 23.1 Å². The zero-order chi connectivity index (χ0) is 30.0. The van der Waals surface area contributed by atoms with E-state index in [9.17, 15) is 18.0 Å². The molecule has 220 valence electrons. The molecule has 9 heteroatoms. The Morgan fingerprint density at radius 2 is 1.59 bits per heavy atom. The first-order chi connectivity index (χ1) is 19.5. The minimum Gasteiger partial charge on any atom is -0.352 e. The van der Waals surface area contributed by atoms with Crippen LogP contribution in [0.25, 0.3) is 0 Å². The summed E-state index contributed by atoms with van der Waals surface area (Å²) in [4.78, 5) is 29.2. The molecule has 41 heavy (non-hydrogen) atoms. The van der Waals surface area contributed by atoms with Crippen molar-refractivity contribution in [1.82, 2.24) is 10.2 Å². The van der Waals surface area contributed by atoms with Crippen molar-refractivity contribution in [2.24, 2.45) is 0 Å². The summed E-state index contributed by atoms with van der Waals surface area (Å²) >= 11 is 6.49. The van der Waals surface area contributed by atoms with Crippen LogP contribution in [0, 0.1) is 6.92 Å². The molecule has 0 fully saturated rings. The number of amides is 2. The number of rotatable bonds is 14. The number of benzene rings is 3. The largest absolute Gasteiger partial charge is 0.352 e. The maximum atomic E-state index is 13.9. The van der Waals surface area contributed by atoms with Crippen molar-refractivity contribution in [3.8, 4) is 0 Å². The smallest absolute Gasteiger partial charge is 0.243 e. The molecule has 0 aliphatic carbocycles. The third kappa shape index (κ3) is 9.33. The number of halogens is 1. The summed E-state index contributed by atoms with van der Waals surface area (Å²) in [5.74, 6) is -0.482. The number of nitrogens with one attached hydrogen (secondary N) is 1. The van der Waals surface area contributed by atoms with E-state index in [1.165, 1.54) is 10.6 Å². The molecule has 0 aliphatic rings. The Morgan fingerprint density at radius 3 is 2.22 bits per heavy atom. The Labute approximate surface area is 249 Å². The lowest BCUT2D eigenvalue weighted by molar-refractivity contribution is -0.141. The Kier molecular flexibility index (Phi) is 11.8. The first kappa shape index (κ1) is 32.2. The van der Waals surface area contributed by atoms with E-state index in [4.69, 9.17) is 11.6 Å².